The Hall–Kier alpha value is -3.42. The predicted molar refractivity (Wildman–Crippen MR) is 137 cm³/mol. The third-order valence-electron chi connectivity index (χ3n) is 6.31. The van der Waals surface area contributed by atoms with Crippen LogP contribution < -0.4 is 5.32 Å². The van der Waals surface area contributed by atoms with E-state index in [9.17, 15) is 9.59 Å². The average Bonchev–Trinajstić information content (AvgIpc) is 3.58. The molecule has 2 bridgehead atoms. The fourth-order valence-electron chi connectivity index (χ4n) is 4.45. The van der Waals surface area contributed by atoms with Gasteiger partial charge in [-0.2, -0.15) is 0 Å². The number of halogens is 1. The molecule has 2 aromatic heterocycles. The average molecular weight is 597 g/mol. The van der Waals surface area contributed by atoms with Crippen molar-refractivity contribution in [2.24, 2.45) is 0 Å². The zero-order chi connectivity index (χ0) is 24.7. The van der Waals surface area contributed by atoms with Crippen LogP contribution in [-0.4, -0.2) is 60.2 Å². The molecular weight excluding hydrogens is 577 g/mol. The second-order valence-electron chi connectivity index (χ2n) is 8.56. The minimum absolute atomic E-state index is 0.0569. The van der Waals surface area contributed by atoms with E-state index in [1.807, 2.05) is 12.1 Å². The van der Waals surface area contributed by atoms with Gasteiger partial charge in [0.2, 0.25) is 0 Å². The fraction of sp³-hybridized carbons (Fsp3) is 0.240. The summed E-state index contributed by atoms with van der Waals surface area (Å²) >= 11 is 2.29. The van der Waals surface area contributed by atoms with Gasteiger partial charge in [0, 0.05) is 5.56 Å². The van der Waals surface area contributed by atoms with Gasteiger partial charge in [0.1, 0.15) is 24.6 Å². The molecule has 0 aliphatic carbocycles. The molecule has 1 amide bonds. The normalized spacial score (nSPS) is 24.6. The molecule has 6 rings (SSSR count). The molecule has 2 fully saturated rings. The number of esters is 1. The first-order valence-electron chi connectivity index (χ1n) is 11.3. The number of aromatic nitrogens is 4. The van der Waals surface area contributed by atoms with Gasteiger partial charge in [0.15, 0.2) is 23.2 Å². The lowest BCUT2D eigenvalue weighted by Crippen LogP contribution is -2.43. The van der Waals surface area contributed by atoms with Crippen molar-refractivity contribution in [1.29, 1.82) is 0 Å². The molecule has 2 aliphatic rings. The van der Waals surface area contributed by atoms with Crippen LogP contribution in [0.1, 0.15) is 26.9 Å². The standard InChI is InChI=1S/C25H20IN5O5/c26-19-18-23(36-25(19,11-34-18)12-35-24(33)16-9-5-2-6-10-16)31-14-29-17-20(27-13-28-21(17)31)30-22(32)15-7-3-1-4-8-15/h1-10,13-14,18-19,23H,11-12H2,(H,27,28,30,32)/t18?,19?,23-,25-/m1/s1. The van der Waals surface area contributed by atoms with Crippen molar-refractivity contribution in [1.82, 2.24) is 19.5 Å². The zero-order valence-electron chi connectivity index (χ0n) is 18.8. The highest BCUT2D eigenvalue weighted by Gasteiger charge is 2.62. The molecule has 4 atom stereocenters. The second kappa shape index (κ2) is 9.22. The number of fused-ring (bicyclic) bond motifs is 3. The van der Waals surface area contributed by atoms with Crippen molar-refractivity contribution in [3.63, 3.8) is 0 Å². The SMILES string of the molecule is O=C(Nc1ncnc2c1ncn2[C@@H]1O[C@@]2(COC(=O)c3ccccc3)COC1C2I)c1ccccc1. The summed E-state index contributed by atoms with van der Waals surface area (Å²) in [5.74, 6) is -0.408. The van der Waals surface area contributed by atoms with E-state index in [2.05, 4.69) is 42.9 Å². The Morgan fingerprint density at radius 1 is 1.06 bits per heavy atom. The van der Waals surface area contributed by atoms with Crippen molar-refractivity contribution in [3.8, 4) is 0 Å². The first-order chi connectivity index (χ1) is 17.6. The highest BCUT2D eigenvalue weighted by Crippen LogP contribution is 2.49. The number of imidazole rings is 1. The van der Waals surface area contributed by atoms with Crippen molar-refractivity contribution in [3.05, 3.63) is 84.4 Å². The number of benzene rings is 2. The Balaban J connectivity index is 1.23. The van der Waals surface area contributed by atoms with Gasteiger partial charge in [-0.15, -0.1) is 0 Å². The van der Waals surface area contributed by atoms with Crippen LogP contribution in [0.2, 0.25) is 0 Å². The first kappa shape index (κ1) is 23.0. The summed E-state index contributed by atoms with van der Waals surface area (Å²) in [7, 11) is 0. The van der Waals surface area contributed by atoms with Gasteiger partial charge in [0.25, 0.3) is 5.91 Å². The van der Waals surface area contributed by atoms with Crippen LogP contribution >= 0.6 is 22.6 Å². The molecule has 0 saturated carbocycles. The number of carbonyl (C=O) groups is 2. The summed E-state index contributed by atoms with van der Waals surface area (Å²) in [4.78, 5) is 38.2. The van der Waals surface area contributed by atoms with Gasteiger partial charge in [0.05, 0.1) is 22.4 Å². The number of hydrogen-bond donors (Lipinski definition) is 1. The van der Waals surface area contributed by atoms with Crippen LogP contribution in [0.15, 0.2) is 73.3 Å². The Bertz CT molecular complexity index is 1430. The van der Waals surface area contributed by atoms with Crippen LogP contribution in [0.5, 0.6) is 0 Å². The molecule has 4 aromatic rings. The van der Waals surface area contributed by atoms with Crippen LogP contribution in [-0.2, 0) is 14.2 Å². The molecule has 182 valence electrons. The third-order valence-corrected chi connectivity index (χ3v) is 8.15. The van der Waals surface area contributed by atoms with Crippen LogP contribution in [0.4, 0.5) is 5.82 Å². The maximum absolute atomic E-state index is 12.6. The number of anilines is 1. The minimum Gasteiger partial charge on any atom is -0.459 e. The number of nitrogens with one attached hydrogen (secondary N) is 1. The molecule has 1 N–H and O–H groups in total. The van der Waals surface area contributed by atoms with Crippen molar-refractivity contribution >= 4 is 51.4 Å². The highest BCUT2D eigenvalue weighted by atomic mass is 127. The lowest BCUT2D eigenvalue weighted by atomic mass is 10.0. The molecule has 0 radical (unpaired) electrons. The van der Waals surface area contributed by atoms with Gasteiger partial charge in [-0.1, -0.05) is 59.0 Å². The van der Waals surface area contributed by atoms with Gasteiger partial charge < -0.3 is 19.5 Å². The number of carbonyl (C=O) groups excluding carboxylic acids is 2. The number of alkyl halides is 1. The van der Waals surface area contributed by atoms with E-state index in [1.165, 1.54) is 6.33 Å². The largest absolute Gasteiger partial charge is 0.459 e. The van der Waals surface area contributed by atoms with Crippen molar-refractivity contribution in [2.45, 2.75) is 21.9 Å². The summed E-state index contributed by atoms with van der Waals surface area (Å²) in [6.45, 7) is 0.366. The Morgan fingerprint density at radius 2 is 1.78 bits per heavy atom. The van der Waals surface area contributed by atoms with E-state index in [0.29, 0.717) is 34.7 Å². The van der Waals surface area contributed by atoms with E-state index >= 15 is 0 Å². The molecule has 36 heavy (non-hydrogen) atoms. The fourth-order valence-corrected chi connectivity index (χ4v) is 5.52. The predicted octanol–water partition coefficient (Wildman–Crippen LogP) is 3.41. The molecule has 10 nitrogen and oxygen atoms in total. The Morgan fingerprint density at radius 3 is 2.53 bits per heavy atom. The quantitative estimate of drug-likeness (QED) is 0.204. The smallest absolute Gasteiger partial charge is 0.338 e. The van der Waals surface area contributed by atoms with Gasteiger partial charge in [-0.05, 0) is 24.3 Å². The van der Waals surface area contributed by atoms with Crippen LogP contribution in [0, 0.1) is 0 Å². The monoisotopic (exact) mass is 597 g/mol. The lowest BCUT2D eigenvalue weighted by molar-refractivity contribution is -0.182. The number of ether oxygens (including phenoxy) is 3. The van der Waals surface area contributed by atoms with Gasteiger partial charge in [-0.25, -0.2) is 19.7 Å². The third kappa shape index (κ3) is 3.92. The Kier molecular flexibility index (Phi) is 5.90. The number of hydrogen-bond acceptors (Lipinski definition) is 8. The van der Waals surface area contributed by atoms with E-state index in [1.54, 1.807) is 59.4 Å². The van der Waals surface area contributed by atoms with Crippen LogP contribution in [0.25, 0.3) is 11.2 Å². The minimum atomic E-state index is -0.797. The number of nitrogens with zero attached hydrogens (tertiary/aromatic N) is 4. The first-order valence-corrected chi connectivity index (χ1v) is 12.5. The molecular formula is C25H20IN5O5. The van der Waals surface area contributed by atoms with Gasteiger partial charge >= 0.3 is 5.97 Å². The molecule has 4 heterocycles. The molecule has 2 saturated heterocycles. The van der Waals surface area contributed by atoms with Crippen molar-refractivity contribution < 1.29 is 23.8 Å². The number of rotatable bonds is 6. The lowest BCUT2D eigenvalue weighted by Gasteiger charge is -2.30. The molecule has 2 aromatic carbocycles. The van der Waals surface area contributed by atoms with Crippen molar-refractivity contribution in [2.75, 3.05) is 18.5 Å². The molecule has 0 spiro atoms. The van der Waals surface area contributed by atoms with Crippen LogP contribution in [0.3, 0.4) is 0 Å². The highest BCUT2D eigenvalue weighted by molar-refractivity contribution is 14.1. The molecule has 11 heteroatoms. The molecule has 2 aliphatic heterocycles. The summed E-state index contributed by atoms with van der Waals surface area (Å²) < 4.78 is 19.8. The van der Waals surface area contributed by atoms with E-state index in [0.717, 1.165) is 0 Å². The molecule has 2 unspecified atom stereocenters. The second-order valence-corrected chi connectivity index (χ2v) is 9.90. The van der Waals surface area contributed by atoms with E-state index < -0.39 is 17.8 Å². The summed E-state index contributed by atoms with van der Waals surface area (Å²) in [5, 5.41) is 2.81. The van der Waals surface area contributed by atoms with E-state index in [4.69, 9.17) is 14.2 Å². The van der Waals surface area contributed by atoms with Gasteiger partial charge in [-0.3, -0.25) is 9.36 Å². The zero-order valence-corrected chi connectivity index (χ0v) is 20.9. The topological polar surface area (TPSA) is 117 Å². The summed E-state index contributed by atoms with van der Waals surface area (Å²) in [5.41, 5.74) is 1.12. The number of amides is 1. The maximum atomic E-state index is 12.6. The summed E-state index contributed by atoms with van der Waals surface area (Å²) in [6.07, 6.45) is 2.14. The Labute approximate surface area is 219 Å². The van der Waals surface area contributed by atoms with E-state index in [-0.39, 0.29) is 22.5 Å². The maximum Gasteiger partial charge on any atom is 0.338 e. The summed E-state index contributed by atoms with van der Waals surface area (Å²) in [6, 6.07) is 17.7.